The number of hydrogen-bond acceptors (Lipinski definition) is 1. The Morgan fingerprint density at radius 2 is 1.43 bits per heavy atom. The Balaban J connectivity index is -0.0000000595. The summed E-state index contributed by atoms with van der Waals surface area (Å²) in [5.74, 6) is 0.255. The van der Waals surface area contributed by atoms with Crippen molar-refractivity contribution in [3.63, 3.8) is 0 Å². The molecule has 1 aliphatic carbocycles. The van der Waals surface area contributed by atoms with E-state index in [2.05, 4.69) is 53.7 Å². The second kappa shape index (κ2) is 15.8. The monoisotopic (exact) mass is 302 g/mol. The topological polar surface area (TPSA) is 17.1 Å². The zero-order chi connectivity index (χ0) is 14.8. The van der Waals surface area contributed by atoms with Gasteiger partial charge in [-0.05, 0) is 37.0 Å². The molecular formula is C20H46O. The molecule has 0 saturated heterocycles. The summed E-state index contributed by atoms with van der Waals surface area (Å²) in [5, 5.41) is 0. The minimum atomic E-state index is 0. The Morgan fingerprint density at radius 3 is 1.52 bits per heavy atom. The van der Waals surface area contributed by atoms with Crippen LogP contribution in [-0.4, -0.2) is 5.78 Å². The molecule has 0 N–H and O–H groups in total. The predicted octanol–water partition coefficient (Wildman–Crippen LogP) is 7.70. The summed E-state index contributed by atoms with van der Waals surface area (Å²) in [6, 6.07) is 0. The van der Waals surface area contributed by atoms with Gasteiger partial charge in [0.2, 0.25) is 0 Å². The van der Waals surface area contributed by atoms with E-state index in [9.17, 15) is 4.79 Å². The van der Waals surface area contributed by atoms with E-state index in [1.54, 1.807) is 6.92 Å². The normalized spacial score (nSPS) is 14.5. The Morgan fingerprint density at radius 1 is 1.10 bits per heavy atom. The fraction of sp³-hybridized carbons (Fsp3) is 0.850. The molecule has 1 aliphatic rings. The van der Waals surface area contributed by atoms with Crippen LogP contribution in [0.1, 0.15) is 103 Å². The van der Waals surface area contributed by atoms with Gasteiger partial charge < -0.3 is 4.79 Å². The summed E-state index contributed by atoms with van der Waals surface area (Å²) in [6.07, 6.45) is 9.33. The third-order valence-corrected chi connectivity index (χ3v) is 2.26. The van der Waals surface area contributed by atoms with Crippen molar-refractivity contribution in [2.45, 2.75) is 103 Å². The highest BCUT2D eigenvalue weighted by atomic mass is 16.1. The van der Waals surface area contributed by atoms with Crippen LogP contribution in [0, 0.1) is 10.8 Å². The summed E-state index contributed by atoms with van der Waals surface area (Å²) >= 11 is 0. The Hall–Kier alpha value is -0.590. The summed E-state index contributed by atoms with van der Waals surface area (Å²) < 4.78 is 0. The highest BCUT2D eigenvalue weighted by Gasteiger charge is 2.14. The van der Waals surface area contributed by atoms with E-state index < -0.39 is 0 Å². The van der Waals surface area contributed by atoms with Gasteiger partial charge in [-0.15, -0.1) is 0 Å². The van der Waals surface area contributed by atoms with E-state index in [1.165, 1.54) is 19.3 Å². The highest BCUT2D eigenvalue weighted by molar-refractivity contribution is 5.74. The molecule has 0 aliphatic heterocycles. The lowest BCUT2D eigenvalue weighted by molar-refractivity contribution is -0.116. The largest absolute Gasteiger partial charge is 0.300 e. The molecule has 0 heterocycles. The fourth-order valence-electron chi connectivity index (χ4n) is 1.16. The number of allylic oxidation sites excluding steroid dienone is 2. The zero-order valence-electron chi connectivity index (χ0n) is 13.9. The van der Waals surface area contributed by atoms with Crippen LogP contribution in [-0.2, 0) is 4.79 Å². The maximum atomic E-state index is 9.81. The quantitative estimate of drug-likeness (QED) is 0.453. The van der Waals surface area contributed by atoms with Gasteiger partial charge in [0.25, 0.3) is 0 Å². The van der Waals surface area contributed by atoms with Crippen LogP contribution < -0.4 is 0 Å². The lowest BCUT2D eigenvalue weighted by atomic mass is 9.83. The van der Waals surface area contributed by atoms with Gasteiger partial charge in [-0.1, -0.05) is 82.9 Å². The van der Waals surface area contributed by atoms with Crippen molar-refractivity contribution in [1.29, 1.82) is 0 Å². The van der Waals surface area contributed by atoms with Crippen LogP contribution in [0.25, 0.3) is 0 Å². The third kappa shape index (κ3) is 45.2. The lowest BCUT2D eigenvalue weighted by Crippen LogP contribution is -2.09. The van der Waals surface area contributed by atoms with Gasteiger partial charge in [0, 0.05) is 6.42 Å². The molecule has 0 saturated carbocycles. The molecule has 0 unspecified atom stereocenters. The number of Topliss-reactive ketones (excluding diaryl/α,β-unsaturated/α-hetero) is 1. The average Bonchev–Trinajstić information content (AvgIpc) is 2.15. The van der Waals surface area contributed by atoms with Gasteiger partial charge in [0.1, 0.15) is 5.78 Å². The molecule has 0 atom stereocenters. The van der Waals surface area contributed by atoms with Gasteiger partial charge >= 0.3 is 0 Å². The second-order valence-corrected chi connectivity index (χ2v) is 7.34. The van der Waals surface area contributed by atoms with E-state index >= 15 is 0 Å². The highest BCUT2D eigenvalue weighted by Crippen LogP contribution is 2.28. The first-order chi connectivity index (χ1) is 7.98. The minimum absolute atomic E-state index is 0. The molecule has 1 nitrogen and oxygen atoms in total. The van der Waals surface area contributed by atoms with Crippen LogP contribution in [0.5, 0.6) is 0 Å². The van der Waals surface area contributed by atoms with E-state index in [-0.39, 0.29) is 28.1 Å². The number of carbonyl (C=O) groups is 1. The van der Waals surface area contributed by atoms with E-state index in [1.807, 2.05) is 6.92 Å². The van der Waals surface area contributed by atoms with Crippen molar-refractivity contribution in [1.82, 2.24) is 0 Å². The number of hydrogen-bond donors (Lipinski definition) is 0. The molecule has 0 aromatic heterocycles. The molecule has 21 heavy (non-hydrogen) atoms. The Kier molecular flexibility index (Phi) is 24.4. The van der Waals surface area contributed by atoms with E-state index in [0.29, 0.717) is 17.3 Å². The average molecular weight is 303 g/mol. The van der Waals surface area contributed by atoms with Crippen LogP contribution in [0.2, 0.25) is 0 Å². The van der Waals surface area contributed by atoms with E-state index in [0.717, 1.165) is 0 Å². The van der Waals surface area contributed by atoms with Gasteiger partial charge in [0.05, 0.1) is 0 Å². The van der Waals surface area contributed by atoms with Crippen molar-refractivity contribution in [3.8, 4) is 0 Å². The van der Waals surface area contributed by atoms with Crippen molar-refractivity contribution in [2.75, 3.05) is 0 Å². The molecule has 0 bridgehead atoms. The summed E-state index contributed by atoms with van der Waals surface area (Å²) in [6.45, 7) is 16.8. The third-order valence-electron chi connectivity index (χ3n) is 2.26. The summed E-state index contributed by atoms with van der Waals surface area (Å²) in [5.41, 5.74) is 0.998. The number of ketones is 1. The molecule has 0 aromatic carbocycles. The minimum Gasteiger partial charge on any atom is -0.300 e. The smallest absolute Gasteiger partial charge is 0.129 e. The molecule has 0 aromatic rings. The predicted molar refractivity (Wildman–Crippen MR) is 103 cm³/mol. The maximum absolute atomic E-state index is 9.81. The number of rotatable bonds is 1. The summed E-state index contributed by atoms with van der Waals surface area (Å²) in [4.78, 5) is 9.81. The SMILES string of the molecule is C.C.C.CC(C)(C)C.CC1(C)C=CCCC1.CCC(C)=O. The standard InChI is InChI=1S/C8H14.C5H12.C4H8O.3CH4/c1-8(2)6-4-3-5-7-8;1-5(2,3)4;1-3-4(2)5;;;/h4,6H,3,5,7H2,1-2H3;1-4H3;3H2,1-2H3;3*1H4. The lowest BCUT2D eigenvalue weighted by Gasteiger charge is -2.22. The first-order valence-electron chi connectivity index (χ1n) is 7.15. The molecule has 132 valence electrons. The van der Waals surface area contributed by atoms with Gasteiger partial charge in [-0.2, -0.15) is 0 Å². The molecular weight excluding hydrogens is 256 g/mol. The van der Waals surface area contributed by atoms with Crippen LogP contribution >= 0.6 is 0 Å². The van der Waals surface area contributed by atoms with Gasteiger partial charge in [-0.25, -0.2) is 0 Å². The van der Waals surface area contributed by atoms with Crippen LogP contribution in [0.4, 0.5) is 0 Å². The molecule has 1 heteroatoms. The van der Waals surface area contributed by atoms with Crippen molar-refractivity contribution < 1.29 is 4.79 Å². The Bertz CT molecular complexity index is 235. The maximum Gasteiger partial charge on any atom is 0.129 e. The van der Waals surface area contributed by atoms with Gasteiger partial charge in [-0.3, -0.25) is 0 Å². The first-order valence-corrected chi connectivity index (χ1v) is 7.15. The van der Waals surface area contributed by atoms with Crippen LogP contribution in [0.3, 0.4) is 0 Å². The first kappa shape index (κ1) is 32.4. The number of carbonyl (C=O) groups excluding carboxylic acids is 1. The van der Waals surface area contributed by atoms with E-state index in [4.69, 9.17) is 0 Å². The Labute approximate surface area is 137 Å². The van der Waals surface area contributed by atoms with Crippen molar-refractivity contribution in [3.05, 3.63) is 12.2 Å². The summed E-state index contributed by atoms with van der Waals surface area (Å²) in [7, 11) is 0. The molecule has 0 amide bonds. The molecule has 0 fully saturated rings. The van der Waals surface area contributed by atoms with Gasteiger partial charge in [0.15, 0.2) is 0 Å². The molecule has 0 spiro atoms. The zero-order valence-corrected chi connectivity index (χ0v) is 13.9. The fourth-order valence-corrected chi connectivity index (χ4v) is 1.16. The van der Waals surface area contributed by atoms with Crippen molar-refractivity contribution in [2.24, 2.45) is 10.8 Å². The second-order valence-electron chi connectivity index (χ2n) is 7.34. The molecule has 0 radical (unpaired) electrons. The van der Waals surface area contributed by atoms with Crippen LogP contribution in [0.15, 0.2) is 12.2 Å². The molecule has 1 rings (SSSR count). The van der Waals surface area contributed by atoms with Crippen molar-refractivity contribution >= 4 is 5.78 Å².